The number of carbonyl (C=O) groups is 1. The second-order valence-corrected chi connectivity index (χ2v) is 3.19. The van der Waals surface area contributed by atoms with Crippen molar-refractivity contribution >= 4 is 5.91 Å². The lowest BCUT2D eigenvalue weighted by Gasteiger charge is -2.10. The molecule has 0 aliphatic heterocycles. The van der Waals surface area contributed by atoms with Crippen molar-refractivity contribution in [1.29, 1.82) is 0 Å². The molecule has 2 N–H and O–H groups in total. The standard InChI is InChI=1S/C10H21NO3/c1-3-5-9(12)8-11-10(13)6-7-14-4-2/h9,12H,3-8H2,1-2H3,(H,11,13). The quantitative estimate of drug-likeness (QED) is 0.571. The van der Waals surface area contributed by atoms with Gasteiger partial charge in [-0.3, -0.25) is 4.79 Å². The molecule has 0 heterocycles. The molecular formula is C10H21NO3. The Morgan fingerprint density at radius 3 is 2.79 bits per heavy atom. The van der Waals surface area contributed by atoms with Crippen LogP contribution >= 0.6 is 0 Å². The number of nitrogens with one attached hydrogen (secondary N) is 1. The zero-order valence-corrected chi connectivity index (χ0v) is 9.08. The molecule has 0 radical (unpaired) electrons. The molecule has 0 saturated heterocycles. The van der Waals surface area contributed by atoms with Gasteiger partial charge in [0.15, 0.2) is 0 Å². The molecule has 0 aromatic heterocycles. The maximum Gasteiger partial charge on any atom is 0.222 e. The van der Waals surface area contributed by atoms with Crippen molar-refractivity contribution in [1.82, 2.24) is 5.32 Å². The van der Waals surface area contributed by atoms with Crippen molar-refractivity contribution in [2.75, 3.05) is 19.8 Å². The first kappa shape index (κ1) is 13.4. The van der Waals surface area contributed by atoms with E-state index >= 15 is 0 Å². The lowest BCUT2D eigenvalue weighted by atomic mass is 10.2. The lowest BCUT2D eigenvalue weighted by molar-refractivity contribution is -0.122. The van der Waals surface area contributed by atoms with Gasteiger partial charge >= 0.3 is 0 Å². The molecule has 1 amide bonds. The zero-order valence-electron chi connectivity index (χ0n) is 9.08. The van der Waals surface area contributed by atoms with Crippen LogP contribution in [0.25, 0.3) is 0 Å². The molecule has 84 valence electrons. The van der Waals surface area contributed by atoms with Crippen LogP contribution in [0.3, 0.4) is 0 Å². The molecule has 4 nitrogen and oxygen atoms in total. The molecular weight excluding hydrogens is 182 g/mol. The average molecular weight is 203 g/mol. The van der Waals surface area contributed by atoms with Crippen LogP contribution in [-0.4, -0.2) is 36.9 Å². The number of carbonyl (C=O) groups excluding carboxylic acids is 1. The molecule has 0 aromatic rings. The van der Waals surface area contributed by atoms with Crippen molar-refractivity contribution in [2.45, 2.75) is 39.2 Å². The summed E-state index contributed by atoms with van der Waals surface area (Å²) in [4.78, 5) is 11.1. The van der Waals surface area contributed by atoms with Crippen LogP contribution in [0.1, 0.15) is 33.1 Å². The molecule has 0 fully saturated rings. The van der Waals surface area contributed by atoms with Crippen LogP contribution in [-0.2, 0) is 9.53 Å². The van der Waals surface area contributed by atoms with Crippen LogP contribution in [0.2, 0.25) is 0 Å². The molecule has 0 aliphatic rings. The first-order valence-electron chi connectivity index (χ1n) is 5.23. The zero-order chi connectivity index (χ0) is 10.8. The van der Waals surface area contributed by atoms with Crippen LogP contribution < -0.4 is 5.32 Å². The van der Waals surface area contributed by atoms with E-state index in [1.54, 1.807) is 0 Å². The number of ether oxygens (including phenoxy) is 1. The highest BCUT2D eigenvalue weighted by molar-refractivity contribution is 5.75. The molecule has 4 heteroatoms. The fourth-order valence-corrected chi connectivity index (χ4v) is 1.06. The second-order valence-electron chi connectivity index (χ2n) is 3.19. The molecule has 14 heavy (non-hydrogen) atoms. The fourth-order valence-electron chi connectivity index (χ4n) is 1.06. The van der Waals surface area contributed by atoms with Gasteiger partial charge in [-0.25, -0.2) is 0 Å². The van der Waals surface area contributed by atoms with Gasteiger partial charge in [-0.2, -0.15) is 0 Å². The molecule has 1 unspecified atom stereocenters. The second kappa shape index (κ2) is 8.97. The molecule has 1 atom stereocenters. The van der Waals surface area contributed by atoms with E-state index < -0.39 is 6.10 Å². The number of hydrogen-bond acceptors (Lipinski definition) is 3. The molecule has 0 saturated carbocycles. The summed E-state index contributed by atoms with van der Waals surface area (Å²) < 4.78 is 5.04. The maximum absolute atomic E-state index is 11.1. The van der Waals surface area contributed by atoms with Crippen molar-refractivity contribution in [2.24, 2.45) is 0 Å². The molecule has 0 aromatic carbocycles. The Hall–Kier alpha value is -0.610. The van der Waals surface area contributed by atoms with Crippen LogP contribution in [0.5, 0.6) is 0 Å². The van der Waals surface area contributed by atoms with Gasteiger partial charge in [-0.05, 0) is 13.3 Å². The SMILES string of the molecule is CCCC(O)CNC(=O)CCOCC. The highest BCUT2D eigenvalue weighted by Crippen LogP contribution is 1.94. The van der Waals surface area contributed by atoms with Crippen molar-refractivity contribution in [3.05, 3.63) is 0 Å². The molecule has 0 aliphatic carbocycles. The summed E-state index contributed by atoms with van der Waals surface area (Å²) in [5.74, 6) is -0.0615. The molecule has 0 bridgehead atoms. The number of aliphatic hydroxyl groups is 1. The van der Waals surface area contributed by atoms with E-state index in [0.29, 0.717) is 26.2 Å². The predicted molar refractivity (Wildman–Crippen MR) is 55.0 cm³/mol. The van der Waals surface area contributed by atoms with Crippen LogP contribution in [0, 0.1) is 0 Å². The Kier molecular flexibility index (Phi) is 8.57. The third-order valence-corrected chi connectivity index (χ3v) is 1.83. The maximum atomic E-state index is 11.1. The van der Waals surface area contributed by atoms with Gasteiger partial charge in [0.05, 0.1) is 12.7 Å². The largest absolute Gasteiger partial charge is 0.391 e. The lowest BCUT2D eigenvalue weighted by Crippen LogP contribution is -2.32. The van der Waals surface area contributed by atoms with Crippen molar-refractivity contribution in [3.63, 3.8) is 0 Å². The highest BCUT2D eigenvalue weighted by Gasteiger charge is 2.05. The summed E-state index contributed by atoms with van der Waals surface area (Å²) in [6.45, 7) is 5.32. The van der Waals surface area contributed by atoms with E-state index in [1.807, 2.05) is 13.8 Å². The van der Waals surface area contributed by atoms with Crippen molar-refractivity contribution < 1.29 is 14.6 Å². The van der Waals surface area contributed by atoms with Gasteiger partial charge in [0.2, 0.25) is 5.91 Å². The van der Waals surface area contributed by atoms with Crippen LogP contribution in [0.15, 0.2) is 0 Å². The number of amides is 1. The normalized spacial score (nSPS) is 12.5. The number of rotatable bonds is 8. The minimum atomic E-state index is -0.420. The number of aliphatic hydroxyl groups excluding tert-OH is 1. The summed E-state index contributed by atoms with van der Waals surface area (Å²) in [5, 5.41) is 12.0. The Balaban J connectivity index is 3.34. The first-order valence-corrected chi connectivity index (χ1v) is 5.23. The van der Waals surface area contributed by atoms with Gasteiger partial charge in [-0.15, -0.1) is 0 Å². The Labute approximate surface area is 85.6 Å². The van der Waals surface area contributed by atoms with E-state index in [2.05, 4.69) is 5.32 Å². The minimum absolute atomic E-state index is 0.0615. The van der Waals surface area contributed by atoms with Gasteiger partial charge < -0.3 is 15.2 Å². The molecule has 0 spiro atoms. The fraction of sp³-hybridized carbons (Fsp3) is 0.900. The Morgan fingerprint density at radius 1 is 1.50 bits per heavy atom. The monoisotopic (exact) mass is 203 g/mol. The van der Waals surface area contributed by atoms with E-state index in [-0.39, 0.29) is 5.91 Å². The van der Waals surface area contributed by atoms with Crippen molar-refractivity contribution in [3.8, 4) is 0 Å². The topological polar surface area (TPSA) is 58.6 Å². The summed E-state index contributed by atoms with van der Waals surface area (Å²) in [5.41, 5.74) is 0. The molecule has 0 rings (SSSR count). The van der Waals surface area contributed by atoms with Gasteiger partial charge in [0.1, 0.15) is 0 Å². The summed E-state index contributed by atoms with van der Waals surface area (Å²) in [6.07, 6.45) is 1.60. The van der Waals surface area contributed by atoms with Crippen LogP contribution in [0.4, 0.5) is 0 Å². The first-order chi connectivity index (χ1) is 6.70. The summed E-state index contributed by atoms with van der Waals surface area (Å²) in [7, 11) is 0. The van der Waals surface area contributed by atoms with Gasteiger partial charge in [-0.1, -0.05) is 13.3 Å². The highest BCUT2D eigenvalue weighted by atomic mass is 16.5. The smallest absolute Gasteiger partial charge is 0.222 e. The van der Waals surface area contributed by atoms with Gasteiger partial charge in [0.25, 0.3) is 0 Å². The minimum Gasteiger partial charge on any atom is -0.391 e. The average Bonchev–Trinajstić information content (AvgIpc) is 2.16. The predicted octanol–water partition coefficient (Wildman–Crippen LogP) is 0.690. The summed E-state index contributed by atoms with van der Waals surface area (Å²) in [6, 6.07) is 0. The Bertz CT molecular complexity index is 150. The number of hydrogen-bond donors (Lipinski definition) is 2. The van der Waals surface area contributed by atoms with Gasteiger partial charge in [0, 0.05) is 19.6 Å². The van der Waals surface area contributed by atoms with E-state index in [9.17, 15) is 9.90 Å². The third-order valence-electron chi connectivity index (χ3n) is 1.83. The van der Waals surface area contributed by atoms with E-state index in [4.69, 9.17) is 4.74 Å². The Morgan fingerprint density at radius 2 is 2.21 bits per heavy atom. The third kappa shape index (κ3) is 8.01. The summed E-state index contributed by atoms with van der Waals surface area (Å²) >= 11 is 0. The van der Waals surface area contributed by atoms with E-state index in [0.717, 1.165) is 12.8 Å². The van der Waals surface area contributed by atoms with E-state index in [1.165, 1.54) is 0 Å².